The second-order valence-electron chi connectivity index (χ2n) is 7.45. The largest absolute Gasteiger partial charge is 0.369 e. The minimum absolute atomic E-state index is 0.0411. The Morgan fingerprint density at radius 2 is 1.89 bits per heavy atom. The van der Waals surface area contributed by atoms with Crippen LogP contribution < -0.4 is 5.73 Å². The van der Waals surface area contributed by atoms with Crippen molar-refractivity contribution in [3.05, 3.63) is 60.7 Å². The lowest BCUT2D eigenvalue weighted by Gasteiger charge is -2.41. The molecule has 27 heavy (non-hydrogen) atoms. The summed E-state index contributed by atoms with van der Waals surface area (Å²) in [5.74, 6) is -0.144. The highest BCUT2D eigenvalue weighted by atomic mass is 16.2. The van der Waals surface area contributed by atoms with Gasteiger partial charge in [-0.2, -0.15) is 0 Å². The summed E-state index contributed by atoms with van der Waals surface area (Å²) < 4.78 is 0. The predicted octanol–water partition coefficient (Wildman–Crippen LogP) is 2.66. The second-order valence-corrected chi connectivity index (χ2v) is 7.45. The summed E-state index contributed by atoms with van der Waals surface area (Å²) in [6.07, 6.45) is 9.31. The Hall–Kier alpha value is -2.40. The smallest absolute Gasteiger partial charge is 0.237 e. The summed E-state index contributed by atoms with van der Waals surface area (Å²) in [7, 11) is 0. The van der Waals surface area contributed by atoms with E-state index < -0.39 is 0 Å². The van der Waals surface area contributed by atoms with Crippen molar-refractivity contribution in [2.75, 3.05) is 19.6 Å². The molecule has 1 fully saturated rings. The number of benzene rings is 1. The predicted molar refractivity (Wildman–Crippen MR) is 107 cm³/mol. The molecule has 1 aromatic carbocycles. The van der Waals surface area contributed by atoms with Crippen LogP contribution in [0.25, 0.3) is 0 Å². The molecule has 2 aliphatic heterocycles. The molecule has 0 radical (unpaired) electrons. The van der Waals surface area contributed by atoms with Crippen LogP contribution in [-0.2, 0) is 9.59 Å². The average molecular weight is 367 g/mol. The third-order valence-corrected chi connectivity index (χ3v) is 5.64. The lowest BCUT2D eigenvalue weighted by molar-refractivity contribution is -0.137. The van der Waals surface area contributed by atoms with E-state index in [0.717, 1.165) is 44.3 Å². The molecule has 2 heterocycles. The Balaban J connectivity index is 1.73. The Bertz CT molecular complexity index is 693. The zero-order valence-electron chi connectivity index (χ0n) is 15.8. The molecule has 2 N–H and O–H groups in total. The van der Waals surface area contributed by atoms with Crippen LogP contribution in [0.15, 0.2) is 55.1 Å². The van der Waals surface area contributed by atoms with Crippen LogP contribution in [-0.4, -0.2) is 47.3 Å². The lowest BCUT2D eigenvalue weighted by Crippen LogP contribution is -2.49. The number of rotatable bonds is 6. The van der Waals surface area contributed by atoms with Gasteiger partial charge in [-0.05, 0) is 44.3 Å². The number of likely N-dealkylation sites (tertiary alicyclic amines) is 1. The van der Waals surface area contributed by atoms with Gasteiger partial charge in [0.25, 0.3) is 0 Å². The number of carbonyl (C=O) groups excluding carboxylic acids is 2. The van der Waals surface area contributed by atoms with Crippen molar-refractivity contribution in [3.63, 3.8) is 0 Å². The number of nitrogens with zero attached hydrogens (tertiary/aromatic N) is 2. The highest BCUT2D eigenvalue weighted by Gasteiger charge is 2.33. The van der Waals surface area contributed by atoms with Gasteiger partial charge in [0.15, 0.2) is 0 Å². The van der Waals surface area contributed by atoms with E-state index in [1.165, 1.54) is 0 Å². The van der Waals surface area contributed by atoms with Gasteiger partial charge >= 0.3 is 0 Å². The normalized spacial score (nSPS) is 23.9. The van der Waals surface area contributed by atoms with Gasteiger partial charge in [0.1, 0.15) is 0 Å². The van der Waals surface area contributed by atoms with Crippen molar-refractivity contribution >= 4 is 11.8 Å². The number of hydrogen-bond donors (Lipinski definition) is 1. The van der Waals surface area contributed by atoms with Crippen molar-refractivity contribution < 1.29 is 9.59 Å². The van der Waals surface area contributed by atoms with Gasteiger partial charge in [-0.3, -0.25) is 14.5 Å². The van der Waals surface area contributed by atoms with Crippen LogP contribution in [0.2, 0.25) is 0 Å². The van der Waals surface area contributed by atoms with Gasteiger partial charge in [-0.25, -0.2) is 0 Å². The molecule has 144 valence electrons. The minimum Gasteiger partial charge on any atom is -0.369 e. The highest BCUT2D eigenvalue weighted by Crippen LogP contribution is 2.31. The van der Waals surface area contributed by atoms with Gasteiger partial charge in [-0.15, -0.1) is 6.58 Å². The van der Waals surface area contributed by atoms with E-state index in [9.17, 15) is 9.59 Å². The molecule has 0 aliphatic carbocycles. The Morgan fingerprint density at radius 1 is 1.19 bits per heavy atom. The quantitative estimate of drug-likeness (QED) is 0.786. The molecule has 5 heteroatoms. The minimum atomic E-state index is -0.225. The number of primary amides is 1. The monoisotopic (exact) mass is 367 g/mol. The molecule has 2 atom stereocenters. The van der Waals surface area contributed by atoms with Gasteiger partial charge in [0.2, 0.25) is 11.8 Å². The van der Waals surface area contributed by atoms with Gasteiger partial charge in [0, 0.05) is 12.0 Å². The van der Waals surface area contributed by atoms with E-state index in [1.54, 1.807) is 0 Å². The van der Waals surface area contributed by atoms with Crippen LogP contribution in [0, 0.1) is 5.92 Å². The molecule has 1 saturated heterocycles. The number of carbonyl (C=O) groups is 2. The molecular formula is C22H29N3O2. The number of amides is 2. The zero-order chi connectivity index (χ0) is 19.2. The van der Waals surface area contributed by atoms with Crippen molar-refractivity contribution in [2.45, 2.75) is 37.8 Å². The average Bonchev–Trinajstić information content (AvgIpc) is 2.69. The topological polar surface area (TPSA) is 66.6 Å². The van der Waals surface area contributed by atoms with Crippen molar-refractivity contribution in [3.8, 4) is 0 Å². The maximum absolute atomic E-state index is 13.3. The van der Waals surface area contributed by atoms with E-state index in [4.69, 9.17) is 5.73 Å². The van der Waals surface area contributed by atoms with E-state index in [1.807, 2.05) is 29.2 Å². The molecule has 0 spiro atoms. The van der Waals surface area contributed by atoms with Crippen LogP contribution in [0.4, 0.5) is 0 Å². The molecule has 5 nitrogen and oxygen atoms in total. The fraction of sp³-hybridized carbons (Fsp3) is 0.455. The summed E-state index contributed by atoms with van der Waals surface area (Å²) in [5, 5.41) is 0. The summed E-state index contributed by atoms with van der Waals surface area (Å²) in [6, 6.07) is 10.3. The summed E-state index contributed by atoms with van der Waals surface area (Å²) in [6.45, 7) is 5.74. The fourth-order valence-corrected chi connectivity index (χ4v) is 4.13. The third-order valence-electron chi connectivity index (χ3n) is 5.64. The number of nitrogens with two attached hydrogens (primary N) is 1. The Labute approximate surface area is 161 Å². The van der Waals surface area contributed by atoms with Crippen molar-refractivity contribution in [2.24, 2.45) is 11.7 Å². The van der Waals surface area contributed by atoms with E-state index in [2.05, 4.69) is 35.8 Å². The van der Waals surface area contributed by atoms with E-state index >= 15 is 0 Å². The van der Waals surface area contributed by atoms with Crippen molar-refractivity contribution in [1.29, 1.82) is 0 Å². The number of piperidine rings is 1. The van der Waals surface area contributed by atoms with Gasteiger partial charge in [-0.1, -0.05) is 48.6 Å². The maximum Gasteiger partial charge on any atom is 0.237 e. The molecule has 0 saturated carbocycles. The first-order valence-corrected chi connectivity index (χ1v) is 9.75. The van der Waals surface area contributed by atoms with Gasteiger partial charge < -0.3 is 10.6 Å². The molecule has 2 aliphatic rings. The van der Waals surface area contributed by atoms with E-state index in [0.29, 0.717) is 6.54 Å². The highest BCUT2D eigenvalue weighted by molar-refractivity contribution is 5.80. The van der Waals surface area contributed by atoms with Crippen LogP contribution >= 0.6 is 0 Å². The summed E-state index contributed by atoms with van der Waals surface area (Å²) in [5.41, 5.74) is 6.54. The molecule has 2 amide bonds. The molecule has 0 aromatic heterocycles. The first kappa shape index (κ1) is 19.4. The summed E-state index contributed by atoms with van der Waals surface area (Å²) in [4.78, 5) is 28.8. The first-order valence-electron chi connectivity index (χ1n) is 9.75. The Morgan fingerprint density at radius 3 is 2.52 bits per heavy atom. The van der Waals surface area contributed by atoms with E-state index in [-0.39, 0.29) is 29.8 Å². The van der Waals surface area contributed by atoms with Gasteiger partial charge in [0.05, 0.1) is 12.6 Å². The Kier molecular flexibility index (Phi) is 6.45. The molecule has 0 unspecified atom stereocenters. The first-order chi connectivity index (χ1) is 13.1. The zero-order valence-corrected chi connectivity index (χ0v) is 15.8. The molecular weight excluding hydrogens is 338 g/mol. The molecule has 1 aromatic rings. The fourth-order valence-electron chi connectivity index (χ4n) is 4.13. The van der Waals surface area contributed by atoms with Crippen molar-refractivity contribution in [1.82, 2.24) is 9.80 Å². The lowest BCUT2D eigenvalue weighted by atomic mass is 9.94. The standard InChI is InChI=1S/C22H29N3O2/c1-2-7-19-10-6-11-20(17-8-4-3-5-9-17)25(19)21(26)16-24-14-12-18(13-15-24)22(23)27/h2-6,8-9,11,18-20H,1,7,10,12-16H2,(H2,23,27)/t19-,20+/m1/s1. The second kappa shape index (κ2) is 9.00. The molecule has 0 bridgehead atoms. The third kappa shape index (κ3) is 4.66. The molecule has 3 rings (SSSR count). The SMILES string of the molecule is C=CC[C@@H]1CC=C[C@@H](c2ccccc2)N1C(=O)CN1CCC(C(N)=O)CC1. The number of hydrogen-bond acceptors (Lipinski definition) is 3. The van der Waals surface area contributed by atoms with Crippen LogP contribution in [0.1, 0.15) is 37.3 Å². The van der Waals surface area contributed by atoms with Crippen LogP contribution in [0.3, 0.4) is 0 Å². The maximum atomic E-state index is 13.3. The van der Waals surface area contributed by atoms with Crippen LogP contribution in [0.5, 0.6) is 0 Å². The summed E-state index contributed by atoms with van der Waals surface area (Å²) >= 11 is 0.